The molecule has 1 N–H and O–H groups in total. The van der Waals surface area contributed by atoms with Crippen LogP contribution in [0.3, 0.4) is 0 Å². The van der Waals surface area contributed by atoms with Gasteiger partial charge in [-0.15, -0.1) is 0 Å². The molecule has 2 aliphatic heterocycles. The van der Waals surface area contributed by atoms with E-state index >= 15 is 0 Å². The number of piperazine rings is 1. The summed E-state index contributed by atoms with van der Waals surface area (Å²) >= 11 is 0. The number of hydrogen-bond donors (Lipinski definition) is 1. The standard InChI is InChI=1S/C37H53N6O13P/c1-7-8-20-51-34(46)42-18-16-41(17-19-42)33(45)29(23-57(49)56-37(54-35(47)52-24(2)3)55-36(48)53-25(4)5)39-32(44)28-21-30(43-15-14-27(22-43)50-6)40-31(38-28)26-12-10-9-11-13-26/h9-13,21,24-25,27,29,37,57H,7-8,14-20,22-23H2,1-6H3,(H,39,44). The van der Waals surface area contributed by atoms with Crippen molar-refractivity contribution in [3.8, 4) is 11.4 Å². The lowest BCUT2D eigenvalue weighted by Gasteiger charge is -2.36. The molecule has 1 aromatic carbocycles. The second-order valence-electron chi connectivity index (χ2n) is 13.8. The summed E-state index contributed by atoms with van der Waals surface area (Å²) in [6, 6.07) is 9.07. The SMILES string of the molecule is CCCCOC(=O)N1CCN(C(=O)C(C[PH](=O)OC(OC(=O)OC(C)C)OC(=O)OC(C)C)NC(=O)c2cc(N3CCC(OC)C3)nc(-c3ccccc3)n2)CC1. The smallest absolute Gasteiger partial charge is 0.449 e. The van der Waals surface area contributed by atoms with Crippen molar-refractivity contribution in [2.45, 2.75) is 84.7 Å². The van der Waals surface area contributed by atoms with Crippen molar-refractivity contribution in [2.75, 3.05) is 64.0 Å². The Morgan fingerprint density at radius 1 is 0.877 bits per heavy atom. The molecule has 57 heavy (non-hydrogen) atoms. The molecular weight excluding hydrogens is 767 g/mol. The maximum Gasteiger partial charge on any atom is 0.513 e. The lowest BCUT2D eigenvalue weighted by atomic mass is 10.2. The predicted molar refractivity (Wildman–Crippen MR) is 205 cm³/mol. The van der Waals surface area contributed by atoms with Crippen LogP contribution in [0.4, 0.5) is 20.2 Å². The average Bonchev–Trinajstić information content (AvgIpc) is 3.66. The van der Waals surface area contributed by atoms with Crippen LogP contribution in [0.25, 0.3) is 11.4 Å². The highest BCUT2D eigenvalue weighted by Crippen LogP contribution is 2.29. The Hall–Kier alpha value is -5.00. The van der Waals surface area contributed by atoms with Gasteiger partial charge in [-0.2, -0.15) is 0 Å². The number of anilines is 1. The molecule has 0 aliphatic carbocycles. The summed E-state index contributed by atoms with van der Waals surface area (Å²) < 4.78 is 49.6. The summed E-state index contributed by atoms with van der Waals surface area (Å²) in [4.78, 5) is 79.5. The van der Waals surface area contributed by atoms with Crippen LogP contribution in [0.1, 0.15) is 64.4 Å². The Labute approximate surface area is 332 Å². The van der Waals surface area contributed by atoms with Gasteiger partial charge in [-0.05, 0) is 40.5 Å². The molecular formula is C37H53N6O13P. The zero-order valence-corrected chi connectivity index (χ0v) is 34.2. The van der Waals surface area contributed by atoms with E-state index in [-0.39, 0.29) is 50.4 Å². The van der Waals surface area contributed by atoms with Crippen molar-refractivity contribution in [1.82, 2.24) is 25.1 Å². The molecule has 20 heteroatoms. The number of nitrogens with zero attached hydrogens (tertiary/aromatic N) is 5. The van der Waals surface area contributed by atoms with Crippen LogP contribution in [0, 0.1) is 0 Å². The molecule has 2 aliphatic rings. The van der Waals surface area contributed by atoms with Crippen molar-refractivity contribution in [1.29, 1.82) is 0 Å². The summed E-state index contributed by atoms with van der Waals surface area (Å²) in [5.74, 6) is -0.690. The van der Waals surface area contributed by atoms with Gasteiger partial charge in [-0.25, -0.2) is 24.4 Å². The van der Waals surface area contributed by atoms with Gasteiger partial charge in [-0.3, -0.25) is 18.7 Å². The van der Waals surface area contributed by atoms with Crippen LogP contribution in [0.15, 0.2) is 36.4 Å². The van der Waals surface area contributed by atoms with Crippen LogP contribution in [-0.4, -0.2) is 140 Å². The summed E-state index contributed by atoms with van der Waals surface area (Å²) in [5.41, 5.74) is 0.571. The average molecular weight is 821 g/mol. The van der Waals surface area contributed by atoms with Crippen molar-refractivity contribution >= 4 is 44.1 Å². The minimum atomic E-state index is -3.48. The molecule has 3 heterocycles. The summed E-state index contributed by atoms with van der Waals surface area (Å²) in [7, 11) is -1.85. The van der Waals surface area contributed by atoms with Crippen molar-refractivity contribution in [3.05, 3.63) is 42.1 Å². The summed E-state index contributed by atoms with van der Waals surface area (Å²) in [6.07, 6.45) is -2.67. The predicted octanol–water partition coefficient (Wildman–Crippen LogP) is 4.45. The fourth-order valence-corrected chi connectivity index (χ4v) is 6.72. The molecule has 4 rings (SSSR count). The van der Waals surface area contributed by atoms with E-state index in [2.05, 4.69) is 10.3 Å². The van der Waals surface area contributed by atoms with Crippen molar-refractivity contribution in [3.63, 3.8) is 0 Å². The van der Waals surface area contributed by atoms with E-state index in [9.17, 15) is 28.5 Å². The quantitative estimate of drug-likeness (QED) is 0.0767. The zero-order valence-electron chi connectivity index (χ0n) is 33.2. The summed E-state index contributed by atoms with van der Waals surface area (Å²) in [5, 5.41) is 2.66. The Bertz CT molecular complexity index is 1670. The zero-order chi connectivity index (χ0) is 41.5. The molecule has 0 radical (unpaired) electrons. The number of unbranched alkanes of at least 4 members (excludes halogenated alkanes) is 1. The third-order valence-corrected chi connectivity index (χ3v) is 9.80. The van der Waals surface area contributed by atoms with Gasteiger partial charge in [0, 0.05) is 58.0 Å². The lowest BCUT2D eigenvalue weighted by Crippen LogP contribution is -2.56. The molecule has 2 aromatic rings. The number of carbonyl (C=O) groups excluding carboxylic acids is 5. The highest BCUT2D eigenvalue weighted by molar-refractivity contribution is 7.39. The molecule has 0 saturated carbocycles. The first-order valence-electron chi connectivity index (χ1n) is 18.9. The topological polar surface area (TPSA) is 215 Å². The van der Waals surface area contributed by atoms with E-state index in [4.69, 9.17) is 37.9 Å². The lowest BCUT2D eigenvalue weighted by molar-refractivity contribution is -0.203. The number of hydrogen-bond acceptors (Lipinski definition) is 16. The second-order valence-corrected chi connectivity index (χ2v) is 15.1. The molecule has 2 fully saturated rings. The number of carbonyl (C=O) groups is 5. The normalized spacial score (nSPS) is 16.6. The van der Waals surface area contributed by atoms with E-state index < -0.39 is 69.1 Å². The molecule has 0 spiro atoms. The number of benzene rings is 1. The monoisotopic (exact) mass is 820 g/mol. The van der Waals surface area contributed by atoms with Gasteiger partial charge in [0.25, 0.3) is 5.91 Å². The highest BCUT2D eigenvalue weighted by Gasteiger charge is 2.35. The molecule has 0 bridgehead atoms. The molecule has 1 aromatic heterocycles. The second kappa shape index (κ2) is 22.1. The molecule has 314 valence electrons. The van der Waals surface area contributed by atoms with E-state index in [1.807, 2.05) is 30.0 Å². The van der Waals surface area contributed by atoms with Crippen LogP contribution in [-0.2, 0) is 42.3 Å². The first-order valence-corrected chi connectivity index (χ1v) is 20.5. The largest absolute Gasteiger partial charge is 0.513 e. The number of methoxy groups -OCH3 is 1. The maximum absolute atomic E-state index is 14.1. The first-order chi connectivity index (χ1) is 27.3. The Balaban J connectivity index is 1.59. The van der Waals surface area contributed by atoms with Gasteiger partial charge in [0.1, 0.15) is 17.6 Å². The van der Waals surface area contributed by atoms with E-state index in [0.717, 1.165) is 12.8 Å². The van der Waals surface area contributed by atoms with Crippen LogP contribution < -0.4 is 10.2 Å². The van der Waals surface area contributed by atoms with Gasteiger partial charge in [0.2, 0.25) is 13.9 Å². The molecule has 2 saturated heterocycles. The maximum atomic E-state index is 14.1. The first kappa shape index (κ1) is 44.7. The third kappa shape index (κ3) is 14.2. The Kier molecular flexibility index (Phi) is 17.3. The van der Waals surface area contributed by atoms with Crippen LogP contribution in [0.5, 0.6) is 0 Å². The highest BCUT2D eigenvalue weighted by atomic mass is 31.1. The fraction of sp³-hybridized carbons (Fsp3) is 0.595. The third-order valence-electron chi connectivity index (χ3n) is 8.60. The van der Waals surface area contributed by atoms with Crippen molar-refractivity contribution in [2.24, 2.45) is 0 Å². The number of rotatable bonds is 17. The number of ether oxygens (including phenoxy) is 6. The van der Waals surface area contributed by atoms with Gasteiger partial charge in [0.05, 0.1) is 31.1 Å². The number of nitrogens with one attached hydrogen (secondary N) is 1. The van der Waals surface area contributed by atoms with Gasteiger partial charge >= 0.3 is 24.9 Å². The van der Waals surface area contributed by atoms with Gasteiger partial charge in [-0.1, -0.05) is 43.7 Å². The Morgan fingerprint density at radius 3 is 2.09 bits per heavy atom. The summed E-state index contributed by atoms with van der Waals surface area (Å²) in [6.45, 7) is 7.87. The van der Waals surface area contributed by atoms with Crippen molar-refractivity contribution < 1.29 is 61.5 Å². The van der Waals surface area contributed by atoms with E-state index in [1.165, 1.54) is 15.9 Å². The molecule has 3 unspecified atom stereocenters. The minimum absolute atomic E-state index is 0.0352. The fourth-order valence-electron chi connectivity index (χ4n) is 5.71. The Morgan fingerprint density at radius 2 is 1.51 bits per heavy atom. The number of aromatic nitrogens is 2. The minimum Gasteiger partial charge on any atom is -0.449 e. The molecule has 3 atom stereocenters. The van der Waals surface area contributed by atoms with E-state index in [1.54, 1.807) is 46.9 Å². The number of amides is 3. The molecule has 3 amide bonds. The van der Waals surface area contributed by atoms with Gasteiger partial charge in [0.15, 0.2) is 5.82 Å². The molecule has 19 nitrogen and oxygen atoms in total. The van der Waals surface area contributed by atoms with E-state index in [0.29, 0.717) is 30.9 Å². The van der Waals surface area contributed by atoms with Crippen LogP contribution >= 0.6 is 8.03 Å². The van der Waals surface area contributed by atoms with Crippen LogP contribution in [0.2, 0.25) is 0 Å². The van der Waals surface area contributed by atoms with Gasteiger partial charge < -0.3 is 48.4 Å².